The van der Waals surface area contributed by atoms with Crippen molar-refractivity contribution in [3.63, 3.8) is 0 Å². The number of esters is 1. The van der Waals surface area contributed by atoms with Crippen molar-refractivity contribution in [3.8, 4) is 0 Å². The second-order valence-electron chi connectivity index (χ2n) is 4.90. The zero-order valence-corrected chi connectivity index (χ0v) is 11.0. The lowest BCUT2D eigenvalue weighted by atomic mass is 10.1. The zero-order valence-electron chi connectivity index (χ0n) is 11.0. The van der Waals surface area contributed by atoms with Gasteiger partial charge in [0.2, 0.25) is 0 Å². The predicted octanol–water partition coefficient (Wildman–Crippen LogP) is 0.186. The number of carbonyl (C=O) groups excluding carboxylic acids is 3. The molecule has 6 heteroatoms. The minimum atomic E-state index is -0.464. The molecule has 3 rings (SSSR count). The summed E-state index contributed by atoms with van der Waals surface area (Å²) in [5.74, 6) is -0.949. The molecule has 0 bridgehead atoms. The van der Waals surface area contributed by atoms with Crippen LogP contribution in [-0.2, 0) is 9.53 Å². The SMILES string of the molecule is COC(=O)[C@@H]1C[C@H](N2C(=O)c3ccccc3C2=O)CN1. The number of nitrogens with one attached hydrogen (secondary N) is 1. The van der Waals surface area contributed by atoms with Crippen molar-refractivity contribution in [1.29, 1.82) is 0 Å². The highest BCUT2D eigenvalue weighted by atomic mass is 16.5. The van der Waals surface area contributed by atoms with Gasteiger partial charge in [0, 0.05) is 6.54 Å². The first kappa shape index (κ1) is 12.8. The van der Waals surface area contributed by atoms with Gasteiger partial charge in [0.15, 0.2) is 0 Å². The van der Waals surface area contributed by atoms with Gasteiger partial charge in [-0.05, 0) is 18.6 Å². The fourth-order valence-electron chi connectivity index (χ4n) is 2.78. The molecular weight excluding hydrogens is 260 g/mol. The molecule has 2 heterocycles. The Morgan fingerprint density at radius 1 is 1.25 bits per heavy atom. The van der Waals surface area contributed by atoms with Gasteiger partial charge in [-0.15, -0.1) is 0 Å². The lowest BCUT2D eigenvalue weighted by molar-refractivity contribution is -0.142. The summed E-state index contributed by atoms with van der Waals surface area (Å²) in [6, 6.07) is 5.99. The van der Waals surface area contributed by atoms with Gasteiger partial charge >= 0.3 is 5.97 Å². The molecule has 0 aromatic heterocycles. The number of fused-ring (bicyclic) bond motifs is 1. The van der Waals surface area contributed by atoms with Crippen LogP contribution >= 0.6 is 0 Å². The molecule has 1 aromatic rings. The average molecular weight is 274 g/mol. The van der Waals surface area contributed by atoms with E-state index in [9.17, 15) is 14.4 Å². The quantitative estimate of drug-likeness (QED) is 0.615. The molecule has 2 amide bonds. The largest absolute Gasteiger partial charge is 0.468 e. The van der Waals surface area contributed by atoms with Gasteiger partial charge in [-0.2, -0.15) is 0 Å². The second kappa shape index (κ2) is 4.72. The van der Waals surface area contributed by atoms with E-state index in [0.717, 1.165) is 0 Å². The number of nitrogens with zero attached hydrogens (tertiary/aromatic N) is 1. The van der Waals surface area contributed by atoms with Crippen LogP contribution in [0, 0.1) is 0 Å². The summed E-state index contributed by atoms with van der Waals surface area (Å²) in [6.07, 6.45) is 0.387. The van der Waals surface area contributed by atoms with E-state index in [0.29, 0.717) is 24.1 Å². The Bertz CT molecular complexity index is 564. The van der Waals surface area contributed by atoms with E-state index in [1.54, 1.807) is 24.3 Å². The average Bonchev–Trinajstić information content (AvgIpc) is 3.03. The van der Waals surface area contributed by atoms with Crippen LogP contribution in [0.15, 0.2) is 24.3 Å². The fraction of sp³-hybridized carbons (Fsp3) is 0.357. The van der Waals surface area contributed by atoms with Crippen LogP contribution in [0.3, 0.4) is 0 Å². The second-order valence-corrected chi connectivity index (χ2v) is 4.90. The number of methoxy groups -OCH3 is 1. The fourth-order valence-corrected chi connectivity index (χ4v) is 2.78. The van der Waals surface area contributed by atoms with Crippen molar-refractivity contribution in [1.82, 2.24) is 10.2 Å². The predicted molar refractivity (Wildman–Crippen MR) is 69.2 cm³/mol. The summed E-state index contributed by atoms with van der Waals surface area (Å²) in [4.78, 5) is 37.3. The van der Waals surface area contributed by atoms with Gasteiger partial charge in [0.05, 0.1) is 24.3 Å². The molecule has 0 unspecified atom stereocenters. The number of carbonyl (C=O) groups is 3. The number of hydrogen-bond acceptors (Lipinski definition) is 5. The summed E-state index contributed by atoms with van der Waals surface area (Å²) >= 11 is 0. The van der Waals surface area contributed by atoms with E-state index < -0.39 is 6.04 Å². The van der Waals surface area contributed by atoms with Gasteiger partial charge in [0.1, 0.15) is 6.04 Å². The Kier molecular flexibility index (Phi) is 3.02. The van der Waals surface area contributed by atoms with Crippen LogP contribution in [0.5, 0.6) is 0 Å². The van der Waals surface area contributed by atoms with E-state index >= 15 is 0 Å². The van der Waals surface area contributed by atoms with Gasteiger partial charge < -0.3 is 10.1 Å². The highest BCUT2D eigenvalue weighted by Gasteiger charge is 2.43. The first-order valence-electron chi connectivity index (χ1n) is 6.41. The molecule has 6 nitrogen and oxygen atoms in total. The third-order valence-corrected chi connectivity index (χ3v) is 3.78. The molecule has 20 heavy (non-hydrogen) atoms. The Balaban J connectivity index is 1.82. The topological polar surface area (TPSA) is 75.7 Å². The van der Waals surface area contributed by atoms with Crippen LogP contribution in [0.1, 0.15) is 27.1 Å². The van der Waals surface area contributed by atoms with Gasteiger partial charge in [0.25, 0.3) is 11.8 Å². The van der Waals surface area contributed by atoms with Crippen LogP contribution < -0.4 is 5.32 Å². The third kappa shape index (κ3) is 1.80. The monoisotopic (exact) mass is 274 g/mol. The summed E-state index contributed by atoms with van der Waals surface area (Å²) in [7, 11) is 1.32. The standard InChI is InChI=1S/C14H14N2O4/c1-20-14(19)11-6-8(7-15-11)16-12(17)9-4-2-3-5-10(9)13(16)18/h2-5,8,11,15H,6-7H2,1H3/t8-,11-/m0/s1. The van der Waals surface area contributed by atoms with Gasteiger partial charge in [-0.1, -0.05) is 12.1 Å². The summed E-state index contributed by atoms with van der Waals surface area (Å²) in [6.45, 7) is 0.408. The van der Waals surface area contributed by atoms with Crippen molar-refractivity contribution in [3.05, 3.63) is 35.4 Å². The summed E-state index contributed by atoms with van der Waals surface area (Å²) in [5.41, 5.74) is 0.859. The van der Waals surface area contributed by atoms with E-state index in [-0.39, 0.29) is 23.8 Å². The molecule has 1 N–H and O–H groups in total. The molecule has 0 radical (unpaired) electrons. The van der Waals surface area contributed by atoms with E-state index in [4.69, 9.17) is 0 Å². The molecule has 0 aliphatic carbocycles. The molecule has 1 aromatic carbocycles. The number of benzene rings is 1. The first-order chi connectivity index (χ1) is 9.63. The summed E-state index contributed by atoms with van der Waals surface area (Å²) < 4.78 is 4.67. The van der Waals surface area contributed by atoms with Crippen LogP contribution in [0.2, 0.25) is 0 Å². The molecule has 0 spiro atoms. The van der Waals surface area contributed by atoms with E-state index in [1.807, 2.05) is 0 Å². The molecule has 104 valence electrons. The lowest BCUT2D eigenvalue weighted by Gasteiger charge is -2.20. The Morgan fingerprint density at radius 2 is 1.85 bits per heavy atom. The number of hydrogen-bond donors (Lipinski definition) is 1. The molecule has 0 saturated carbocycles. The van der Waals surface area contributed by atoms with Crippen LogP contribution in [-0.4, -0.2) is 48.4 Å². The van der Waals surface area contributed by atoms with Crippen molar-refractivity contribution >= 4 is 17.8 Å². The molecule has 2 aliphatic rings. The van der Waals surface area contributed by atoms with Crippen LogP contribution in [0.4, 0.5) is 0 Å². The Morgan fingerprint density at radius 3 is 2.40 bits per heavy atom. The molecule has 2 aliphatic heterocycles. The highest BCUT2D eigenvalue weighted by Crippen LogP contribution is 2.27. The summed E-state index contributed by atoms with van der Waals surface area (Å²) in [5, 5.41) is 2.98. The Hall–Kier alpha value is -2.21. The molecule has 1 fully saturated rings. The molecule has 1 saturated heterocycles. The van der Waals surface area contributed by atoms with Crippen molar-refractivity contribution in [2.24, 2.45) is 0 Å². The lowest BCUT2D eigenvalue weighted by Crippen LogP contribution is -2.41. The number of rotatable bonds is 2. The molecular formula is C14H14N2O4. The maximum absolute atomic E-state index is 12.3. The van der Waals surface area contributed by atoms with Crippen molar-refractivity contribution in [2.45, 2.75) is 18.5 Å². The van der Waals surface area contributed by atoms with Crippen molar-refractivity contribution in [2.75, 3.05) is 13.7 Å². The first-order valence-corrected chi connectivity index (χ1v) is 6.41. The van der Waals surface area contributed by atoms with E-state index in [2.05, 4.69) is 10.1 Å². The minimum Gasteiger partial charge on any atom is -0.468 e. The van der Waals surface area contributed by atoms with Gasteiger partial charge in [-0.3, -0.25) is 19.3 Å². The maximum Gasteiger partial charge on any atom is 0.322 e. The number of amides is 2. The number of ether oxygens (including phenoxy) is 1. The smallest absolute Gasteiger partial charge is 0.322 e. The highest BCUT2D eigenvalue weighted by molar-refractivity contribution is 6.21. The number of imide groups is 1. The maximum atomic E-state index is 12.3. The zero-order chi connectivity index (χ0) is 14.3. The van der Waals surface area contributed by atoms with E-state index in [1.165, 1.54) is 12.0 Å². The Labute approximate surface area is 115 Å². The normalized spacial score (nSPS) is 24.9. The minimum absolute atomic E-state index is 0.289. The van der Waals surface area contributed by atoms with Crippen molar-refractivity contribution < 1.29 is 19.1 Å². The molecule has 2 atom stereocenters. The van der Waals surface area contributed by atoms with Gasteiger partial charge in [-0.25, -0.2) is 0 Å². The van der Waals surface area contributed by atoms with Crippen LogP contribution in [0.25, 0.3) is 0 Å². The third-order valence-electron chi connectivity index (χ3n) is 3.78.